The highest BCUT2D eigenvalue weighted by Gasteiger charge is 2.22. The zero-order valence-corrected chi connectivity index (χ0v) is 15.7. The molecule has 0 aliphatic heterocycles. The monoisotopic (exact) mass is 393 g/mol. The van der Waals surface area contributed by atoms with Crippen molar-refractivity contribution in [2.75, 3.05) is 18.5 Å². The number of carbonyl (C=O) groups is 1. The molecular weight excluding hydrogens is 372 g/mol. The third-order valence-electron chi connectivity index (χ3n) is 3.55. The van der Waals surface area contributed by atoms with E-state index in [9.17, 15) is 13.6 Å². The summed E-state index contributed by atoms with van der Waals surface area (Å²) >= 11 is 0. The first-order chi connectivity index (χ1) is 13.5. The van der Waals surface area contributed by atoms with Crippen molar-refractivity contribution in [2.24, 2.45) is 0 Å². The molecule has 150 valence electrons. The summed E-state index contributed by atoms with van der Waals surface area (Å²) in [6, 6.07) is 5.61. The standard InChI is InChI=1S/C17H15F2N3O4.C2H6/c1-9-2-3-12(11(18)6-9)21-15-10(17(24)22-26-5-4-23)7-13-16(14(15)19)20-8-25-13;1-2/h2-3,6-8,21,23H,4-5H2,1H3,(H,22,24);1-2H3. The third kappa shape index (κ3) is 4.62. The Kier molecular flexibility index (Phi) is 7.42. The van der Waals surface area contributed by atoms with Gasteiger partial charge in [-0.3, -0.25) is 9.63 Å². The lowest BCUT2D eigenvalue weighted by molar-refractivity contribution is 0.0169. The van der Waals surface area contributed by atoms with Gasteiger partial charge in [-0.05, 0) is 30.7 Å². The van der Waals surface area contributed by atoms with Gasteiger partial charge in [0.25, 0.3) is 5.91 Å². The molecule has 1 aromatic heterocycles. The van der Waals surface area contributed by atoms with Crippen molar-refractivity contribution in [3.05, 3.63) is 53.4 Å². The van der Waals surface area contributed by atoms with Gasteiger partial charge in [0.15, 0.2) is 17.8 Å². The van der Waals surface area contributed by atoms with Crippen LogP contribution in [0.15, 0.2) is 35.1 Å². The number of benzene rings is 2. The summed E-state index contributed by atoms with van der Waals surface area (Å²) in [5.41, 5.74) is 2.24. The second-order valence-corrected chi connectivity index (χ2v) is 5.42. The van der Waals surface area contributed by atoms with Gasteiger partial charge >= 0.3 is 0 Å². The molecule has 0 saturated heterocycles. The topological polar surface area (TPSA) is 96.6 Å². The Balaban J connectivity index is 0.00000136. The summed E-state index contributed by atoms with van der Waals surface area (Å²) in [5, 5.41) is 11.3. The predicted octanol–water partition coefficient (Wildman–Crippen LogP) is 3.84. The fourth-order valence-corrected chi connectivity index (χ4v) is 2.34. The average molecular weight is 393 g/mol. The highest BCUT2D eigenvalue weighted by molar-refractivity contribution is 6.03. The maximum absolute atomic E-state index is 14.8. The lowest BCUT2D eigenvalue weighted by atomic mass is 10.1. The maximum atomic E-state index is 14.8. The summed E-state index contributed by atoms with van der Waals surface area (Å²) in [7, 11) is 0. The number of aryl methyl sites for hydroxylation is 1. The summed E-state index contributed by atoms with van der Waals surface area (Å²) in [6.07, 6.45) is 1.04. The number of hydrogen-bond donors (Lipinski definition) is 3. The van der Waals surface area contributed by atoms with E-state index in [2.05, 4.69) is 15.8 Å². The molecule has 9 heteroatoms. The van der Waals surface area contributed by atoms with Gasteiger partial charge in [0.05, 0.1) is 30.2 Å². The first-order valence-electron chi connectivity index (χ1n) is 8.63. The Morgan fingerprint density at radius 1 is 1.29 bits per heavy atom. The number of aliphatic hydroxyl groups is 1. The molecule has 2 aromatic carbocycles. The van der Waals surface area contributed by atoms with Crippen molar-refractivity contribution in [1.29, 1.82) is 0 Å². The van der Waals surface area contributed by atoms with Crippen molar-refractivity contribution < 1.29 is 27.9 Å². The van der Waals surface area contributed by atoms with E-state index in [0.29, 0.717) is 5.56 Å². The van der Waals surface area contributed by atoms with Crippen molar-refractivity contribution in [2.45, 2.75) is 20.8 Å². The fourth-order valence-electron chi connectivity index (χ4n) is 2.34. The molecule has 0 atom stereocenters. The van der Waals surface area contributed by atoms with Gasteiger partial charge in [-0.25, -0.2) is 19.2 Å². The molecule has 0 fully saturated rings. The number of hydroxylamine groups is 1. The highest BCUT2D eigenvalue weighted by Crippen LogP contribution is 2.31. The van der Waals surface area contributed by atoms with E-state index < -0.39 is 17.5 Å². The Morgan fingerprint density at radius 3 is 2.71 bits per heavy atom. The molecule has 3 aromatic rings. The van der Waals surface area contributed by atoms with Gasteiger partial charge < -0.3 is 14.8 Å². The van der Waals surface area contributed by atoms with E-state index in [0.717, 1.165) is 6.39 Å². The molecule has 0 aliphatic carbocycles. The first kappa shape index (κ1) is 21.3. The maximum Gasteiger partial charge on any atom is 0.277 e. The Bertz CT molecular complexity index is 960. The molecule has 28 heavy (non-hydrogen) atoms. The summed E-state index contributed by atoms with van der Waals surface area (Å²) < 4.78 is 34.0. The first-order valence-corrected chi connectivity index (χ1v) is 8.63. The Labute approximate surface area is 160 Å². The van der Waals surface area contributed by atoms with Crippen LogP contribution in [-0.2, 0) is 4.84 Å². The SMILES string of the molecule is CC.Cc1ccc(Nc2c(C(=O)NOCCO)cc3ocnc3c2F)c(F)c1. The van der Waals surface area contributed by atoms with Crippen LogP contribution >= 0.6 is 0 Å². The zero-order valence-electron chi connectivity index (χ0n) is 15.7. The second-order valence-electron chi connectivity index (χ2n) is 5.42. The summed E-state index contributed by atoms with van der Waals surface area (Å²) in [5.74, 6) is -2.28. The van der Waals surface area contributed by atoms with Crippen LogP contribution in [0, 0.1) is 18.6 Å². The molecule has 0 aliphatic rings. The number of nitrogens with one attached hydrogen (secondary N) is 2. The van der Waals surface area contributed by atoms with Gasteiger partial charge in [-0.1, -0.05) is 19.9 Å². The van der Waals surface area contributed by atoms with Gasteiger partial charge in [0.2, 0.25) is 0 Å². The number of amides is 1. The van der Waals surface area contributed by atoms with Crippen LogP contribution in [-0.4, -0.2) is 29.2 Å². The average Bonchev–Trinajstić information content (AvgIpc) is 3.16. The number of rotatable bonds is 6. The zero-order chi connectivity index (χ0) is 20.7. The number of halogens is 2. The number of oxazole rings is 1. The number of anilines is 2. The van der Waals surface area contributed by atoms with Gasteiger partial charge in [0, 0.05) is 0 Å². The van der Waals surface area contributed by atoms with Crippen LogP contribution in [0.2, 0.25) is 0 Å². The number of nitrogens with zero attached hydrogens (tertiary/aromatic N) is 1. The lowest BCUT2D eigenvalue weighted by Gasteiger charge is -2.14. The minimum atomic E-state index is -0.872. The van der Waals surface area contributed by atoms with Crippen molar-refractivity contribution >= 4 is 28.4 Å². The van der Waals surface area contributed by atoms with Crippen LogP contribution in [0.3, 0.4) is 0 Å². The number of aromatic nitrogens is 1. The molecular formula is C19H21F2N3O4. The van der Waals surface area contributed by atoms with Gasteiger partial charge in [0.1, 0.15) is 11.3 Å². The molecule has 0 spiro atoms. The Morgan fingerprint density at radius 2 is 2.04 bits per heavy atom. The molecule has 7 nitrogen and oxygen atoms in total. The molecule has 1 amide bonds. The van der Waals surface area contributed by atoms with Gasteiger partial charge in [-0.15, -0.1) is 0 Å². The molecule has 3 N–H and O–H groups in total. The molecule has 1 heterocycles. The van der Waals surface area contributed by atoms with E-state index in [1.54, 1.807) is 13.0 Å². The van der Waals surface area contributed by atoms with E-state index in [1.165, 1.54) is 18.2 Å². The van der Waals surface area contributed by atoms with Crippen molar-refractivity contribution in [1.82, 2.24) is 10.5 Å². The summed E-state index contributed by atoms with van der Waals surface area (Å²) in [4.78, 5) is 20.8. The molecule has 0 radical (unpaired) electrons. The molecule has 0 saturated carbocycles. The third-order valence-corrected chi connectivity index (χ3v) is 3.55. The normalized spacial score (nSPS) is 10.4. The van der Waals surface area contributed by atoms with Crippen LogP contribution in [0.5, 0.6) is 0 Å². The number of hydrogen-bond acceptors (Lipinski definition) is 6. The quantitative estimate of drug-likeness (QED) is 0.435. The smallest absolute Gasteiger partial charge is 0.277 e. The predicted molar refractivity (Wildman–Crippen MR) is 100 cm³/mol. The number of carbonyl (C=O) groups excluding carboxylic acids is 1. The number of fused-ring (bicyclic) bond motifs is 1. The molecule has 3 rings (SSSR count). The molecule has 0 unspecified atom stereocenters. The van der Waals surface area contributed by atoms with E-state index >= 15 is 0 Å². The minimum absolute atomic E-state index is 0.0114. The lowest BCUT2D eigenvalue weighted by Crippen LogP contribution is -2.26. The molecule has 0 bridgehead atoms. The summed E-state index contributed by atoms with van der Waals surface area (Å²) in [6.45, 7) is 5.26. The Hall–Kier alpha value is -3.04. The minimum Gasteiger partial charge on any atom is -0.443 e. The van der Waals surface area contributed by atoms with Gasteiger partial charge in [-0.2, -0.15) is 0 Å². The van der Waals surface area contributed by atoms with Crippen LogP contribution in [0.4, 0.5) is 20.2 Å². The van der Waals surface area contributed by atoms with E-state index in [-0.39, 0.29) is 41.3 Å². The van der Waals surface area contributed by atoms with E-state index in [1.807, 2.05) is 13.8 Å². The van der Waals surface area contributed by atoms with Crippen molar-refractivity contribution in [3.8, 4) is 0 Å². The van der Waals surface area contributed by atoms with E-state index in [4.69, 9.17) is 14.4 Å². The second kappa shape index (κ2) is 9.77. The number of aliphatic hydroxyl groups excluding tert-OH is 1. The van der Waals surface area contributed by atoms with Crippen LogP contribution < -0.4 is 10.8 Å². The fraction of sp³-hybridized carbons (Fsp3) is 0.263. The van der Waals surface area contributed by atoms with Crippen molar-refractivity contribution in [3.63, 3.8) is 0 Å². The van der Waals surface area contributed by atoms with Crippen LogP contribution in [0.25, 0.3) is 11.1 Å². The largest absolute Gasteiger partial charge is 0.443 e. The van der Waals surface area contributed by atoms with Crippen LogP contribution in [0.1, 0.15) is 29.8 Å². The highest BCUT2D eigenvalue weighted by atomic mass is 19.1.